The largest absolute Gasteiger partial charge is 0.508 e. The van der Waals surface area contributed by atoms with Gasteiger partial charge in [0.2, 0.25) is 0 Å². The molecule has 2 aromatic rings. The molecule has 1 aliphatic rings. The first-order valence-electron chi connectivity index (χ1n) is 8.05. The quantitative estimate of drug-likeness (QED) is 0.826. The fourth-order valence-corrected chi connectivity index (χ4v) is 2.83. The molecule has 2 atom stereocenters. The topological polar surface area (TPSA) is 45.2 Å². The molecule has 3 nitrogen and oxygen atoms in total. The third-order valence-corrected chi connectivity index (χ3v) is 4.39. The lowest BCUT2D eigenvalue weighted by Gasteiger charge is -2.26. The van der Waals surface area contributed by atoms with Crippen molar-refractivity contribution in [2.45, 2.75) is 26.7 Å². The summed E-state index contributed by atoms with van der Waals surface area (Å²) >= 11 is 0. The minimum Gasteiger partial charge on any atom is -0.508 e. The van der Waals surface area contributed by atoms with Gasteiger partial charge in [0.15, 0.2) is 0 Å². The molecule has 0 radical (unpaired) electrons. The summed E-state index contributed by atoms with van der Waals surface area (Å²) in [6.07, 6.45) is 6.13. The second kappa shape index (κ2) is 7.95. The number of hydrogen-bond acceptors (Lipinski definition) is 3. The summed E-state index contributed by atoms with van der Waals surface area (Å²) in [5.74, 6) is 1.85. The van der Waals surface area contributed by atoms with Crippen molar-refractivity contribution in [2.75, 3.05) is 13.1 Å². The summed E-state index contributed by atoms with van der Waals surface area (Å²) in [6.45, 7) is 10.5. The number of fused-ring (bicyclic) bond motifs is 1. The number of aryl methyl sites for hydroxylation is 1. The van der Waals surface area contributed by atoms with E-state index in [0.29, 0.717) is 11.7 Å². The van der Waals surface area contributed by atoms with Crippen molar-refractivity contribution in [2.24, 2.45) is 11.8 Å². The lowest BCUT2D eigenvalue weighted by Crippen LogP contribution is -2.34. The molecular weight excluding hydrogens is 272 g/mol. The zero-order valence-electron chi connectivity index (χ0n) is 13.5. The van der Waals surface area contributed by atoms with Crippen LogP contribution in [0.5, 0.6) is 5.75 Å². The lowest BCUT2D eigenvalue weighted by molar-refractivity contribution is 0.325. The number of aromatic nitrogens is 1. The van der Waals surface area contributed by atoms with Gasteiger partial charge in [0.05, 0.1) is 5.52 Å². The van der Waals surface area contributed by atoms with Crippen molar-refractivity contribution in [1.82, 2.24) is 10.3 Å². The number of nitrogens with one attached hydrogen (secondary N) is 1. The van der Waals surface area contributed by atoms with Gasteiger partial charge in [-0.3, -0.25) is 4.98 Å². The molecule has 0 spiro atoms. The second-order valence-electron chi connectivity index (χ2n) is 5.89. The SMILES string of the molecule is C=CC1CNCCC1C.CCc1ccnc2ccc(O)cc12. The van der Waals surface area contributed by atoms with Crippen LogP contribution in [0, 0.1) is 11.8 Å². The van der Waals surface area contributed by atoms with Crippen LogP contribution in [-0.4, -0.2) is 23.2 Å². The summed E-state index contributed by atoms with van der Waals surface area (Å²) in [5.41, 5.74) is 2.16. The van der Waals surface area contributed by atoms with Gasteiger partial charge in [-0.25, -0.2) is 0 Å². The number of rotatable bonds is 2. The summed E-state index contributed by atoms with van der Waals surface area (Å²) in [4.78, 5) is 4.22. The fourth-order valence-electron chi connectivity index (χ4n) is 2.83. The van der Waals surface area contributed by atoms with Crippen molar-refractivity contribution in [3.63, 3.8) is 0 Å². The van der Waals surface area contributed by atoms with Crippen molar-refractivity contribution < 1.29 is 5.11 Å². The van der Waals surface area contributed by atoms with Crippen LogP contribution in [0.2, 0.25) is 0 Å². The molecule has 2 N–H and O–H groups in total. The van der Waals surface area contributed by atoms with Gasteiger partial charge in [-0.1, -0.05) is 19.9 Å². The predicted octanol–water partition coefficient (Wildman–Crippen LogP) is 3.92. The van der Waals surface area contributed by atoms with E-state index in [1.165, 1.54) is 18.5 Å². The minimum atomic E-state index is 0.301. The van der Waals surface area contributed by atoms with E-state index in [2.05, 4.69) is 36.8 Å². The third-order valence-electron chi connectivity index (χ3n) is 4.39. The van der Waals surface area contributed by atoms with Crippen LogP contribution >= 0.6 is 0 Å². The Morgan fingerprint density at radius 1 is 1.41 bits per heavy atom. The Bertz CT molecular complexity index is 624. The molecule has 118 valence electrons. The van der Waals surface area contributed by atoms with Crippen molar-refractivity contribution in [3.8, 4) is 5.75 Å². The van der Waals surface area contributed by atoms with Crippen LogP contribution in [0.4, 0.5) is 0 Å². The number of hydrogen-bond donors (Lipinski definition) is 2. The third kappa shape index (κ3) is 4.08. The number of piperidine rings is 1. The Morgan fingerprint density at radius 3 is 2.86 bits per heavy atom. The van der Waals surface area contributed by atoms with Gasteiger partial charge >= 0.3 is 0 Å². The monoisotopic (exact) mass is 298 g/mol. The van der Waals surface area contributed by atoms with Gasteiger partial charge < -0.3 is 10.4 Å². The van der Waals surface area contributed by atoms with Gasteiger partial charge in [0.1, 0.15) is 5.75 Å². The van der Waals surface area contributed by atoms with Crippen molar-refractivity contribution in [3.05, 3.63) is 48.7 Å². The highest BCUT2D eigenvalue weighted by atomic mass is 16.3. The van der Waals surface area contributed by atoms with Gasteiger partial charge in [-0.2, -0.15) is 0 Å². The number of pyridine rings is 1. The molecule has 1 fully saturated rings. The standard InChI is InChI=1S/C11H11NO.C8H15N/c1-2-8-5-6-12-11-4-3-9(13)7-10(8)11;1-3-8-6-9-5-4-7(8)2/h3-7,13H,2H2,1H3;3,7-9H,1,4-6H2,2H3. The molecule has 3 heteroatoms. The Balaban J connectivity index is 0.000000172. The summed E-state index contributed by atoms with van der Waals surface area (Å²) < 4.78 is 0. The van der Waals surface area contributed by atoms with Crippen LogP contribution in [0.1, 0.15) is 25.8 Å². The average molecular weight is 298 g/mol. The molecule has 2 heterocycles. The number of aromatic hydroxyl groups is 1. The summed E-state index contributed by atoms with van der Waals surface area (Å²) in [5, 5.41) is 13.7. The van der Waals surface area contributed by atoms with E-state index in [-0.39, 0.29) is 0 Å². The molecule has 0 saturated carbocycles. The van der Waals surface area contributed by atoms with Crippen LogP contribution in [0.25, 0.3) is 10.9 Å². The van der Waals surface area contributed by atoms with Crippen LogP contribution in [-0.2, 0) is 6.42 Å². The van der Waals surface area contributed by atoms with Crippen LogP contribution in [0.15, 0.2) is 43.1 Å². The van der Waals surface area contributed by atoms with E-state index in [4.69, 9.17) is 0 Å². The highest BCUT2D eigenvalue weighted by Crippen LogP contribution is 2.21. The minimum absolute atomic E-state index is 0.301. The zero-order valence-corrected chi connectivity index (χ0v) is 13.5. The Labute approximate surface area is 133 Å². The smallest absolute Gasteiger partial charge is 0.116 e. The lowest BCUT2D eigenvalue weighted by atomic mass is 9.88. The fraction of sp³-hybridized carbons (Fsp3) is 0.421. The number of benzene rings is 1. The van der Waals surface area contributed by atoms with E-state index in [1.54, 1.807) is 18.3 Å². The summed E-state index contributed by atoms with van der Waals surface area (Å²) in [6, 6.07) is 7.25. The van der Waals surface area contributed by atoms with Gasteiger partial charge in [-0.05, 0) is 61.1 Å². The van der Waals surface area contributed by atoms with Gasteiger partial charge in [0.25, 0.3) is 0 Å². The van der Waals surface area contributed by atoms with Gasteiger partial charge in [0, 0.05) is 18.1 Å². The Morgan fingerprint density at radius 2 is 2.23 bits per heavy atom. The average Bonchev–Trinajstić information content (AvgIpc) is 2.55. The van der Waals surface area contributed by atoms with Gasteiger partial charge in [-0.15, -0.1) is 6.58 Å². The molecule has 2 unspecified atom stereocenters. The first-order chi connectivity index (χ1) is 10.7. The van der Waals surface area contributed by atoms with Crippen LogP contribution in [0.3, 0.4) is 0 Å². The summed E-state index contributed by atoms with van der Waals surface area (Å²) in [7, 11) is 0. The Kier molecular flexibility index (Phi) is 5.96. The maximum absolute atomic E-state index is 9.32. The molecule has 0 amide bonds. The Hall–Kier alpha value is -1.87. The van der Waals surface area contributed by atoms with Crippen LogP contribution < -0.4 is 5.32 Å². The molecule has 1 aromatic carbocycles. The number of phenolic OH excluding ortho intramolecular Hbond substituents is 1. The molecule has 1 aromatic heterocycles. The highest BCUT2D eigenvalue weighted by molar-refractivity contribution is 5.83. The molecule has 1 aliphatic heterocycles. The van der Waals surface area contributed by atoms with Crippen molar-refractivity contribution in [1.29, 1.82) is 0 Å². The molecule has 1 saturated heterocycles. The predicted molar refractivity (Wildman–Crippen MR) is 93.1 cm³/mol. The second-order valence-corrected chi connectivity index (χ2v) is 5.89. The zero-order chi connectivity index (χ0) is 15.9. The van der Waals surface area contributed by atoms with E-state index in [1.807, 2.05) is 12.1 Å². The molecule has 22 heavy (non-hydrogen) atoms. The molecular formula is C19H26N2O. The number of phenols is 1. The highest BCUT2D eigenvalue weighted by Gasteiger charge is 2.16. The maximum Gasteiger partial charge on any atom is 0.116 e. The normalized spacial score (nSPS) is 21.0. The van der Waals surface area contributed by atoms with E-state index < -0.39 is 0 Å². The van der Waals surface area contributed by atoms with E-state index in [0.717, 1.165) is 29.8 Å². The van der Waals surface area contributed by atoms with E-state index >= 15 is 0 Å². The molecule has 0 bridgehead atoms. The first-order valence-corrected chi connectivity index (χ1v) is 8.05. The van der Waals surface area contributed by atoms with E-state index in [9.17, 15) is 5.11 Å². The maximum atomic E-state index is 9.32. The number of nitrogens with zero attached hydrogens (tertiary/aromatic N) is 1. The molecule has 3 rings (SSSR count). The molecule has 0 aliphatic carbocycles. The first kappa shape index (κ1) is 16.5. The van der Waals surface area contributed by atoms with Crippen molar-refractivity contribution >= 4 is 10.9 Å².